The average Bonchev–Trinajstić information content (AvgIpc) is 2.60. The van der Waals surface area contributed by atoms with Crippen molar-refractivity contribution in [1.29, 1.82) is 0 Å². The maximum atomic E-state index is 12.6. The molecular formula is C18H27NO4. The molecule has 23 heavy (non-hydrogen) atoms. The molecule has 0 aromatic heterocycles. The Balaban J connectivity index is 2.05. The fourth-order valence-corrected chi connectivity index (χ4v) is 2.81. The first-order valence-corrected chi connectivity index (χ1v) is 8.00. The van der Waals surface area contributed by atoms with Gasteiger partial charge in [-0.3, -0.25) is 4.79 Å². The third-order valence-corrected chi connectivity index (χ3v) is 4.53. The van der Waals surface area contributed by atoms with Gasteiger partial charge in [-0.25, -0.2) is 0 Å². The molecular weight excluding hydrogens is 294 g/mol. The van der Waals surface area contributed by atoms with Crippen LogP contribution in [-0.2, 0) is 14.3 Å². The van der Waals surface area contributed by atoms with E-state index < -0.39 is 11.2 Å². The molecule has 128 valence electrons. The lowest BCUT2D eigenvalue weighted by atomic mass is 9.92. The zero-order valence-corrected chi connectivity index (χ0v) is 14.5. The highest BCUT2D eigenvalue weighted by atomic mass is 16.5. The molecule has 0 aliphatic carbocycles. The summed E-state index contributed by atoms with van der Waals surface area (Å²) in [6, 6.07) is 9.66. The number of nitrogens with zero attached hydrogens (tertiary/aromatic N) is 1. The Morgan fingerprint density at radius 3 is 2.57 bits per heavy atom. The van der Waals surface area contributed by atoms with Crippen LogP contribution in [0.5, 0.6) is 5.75 Å². The van der Waals surface area contributed by atoms with Crippen LogP contribution in [-0.4, -0.2) is 55.9 Å². The third kappa shape index (κ3) is 4.24. The van der Waals surface area contributed by atoms with Crippen LogP contribution in [0.3, 0.4) is 0 Å². The molecule has 1 amide bonds. The summed E-state index contributed by atoms with van der Waals surface area (Å²) in [5.41, 5.74) is -1.30. The van der Waals surface area contributed by atoms with E-state index >= 15 is 0 Å². The summed E-state index contributed by atoms with van der Waals surface area (Å²) in [6.45, 7) is 5.24. The van der Waals surface area contributed by atoms with E-state index in [0.29, 0.717) is 13.2 Å². The van der Waals surface area contributed by atoms with Crippen LogP contribution >= 0.6 is 0 Å². The van der Waals surface area contributed by atoms with Gasteiger partial charge in [0.05, 0.1) is 6.54 Å². The van der Waals surface area contributed by atoms with Gasteiger partial charge in [0.2, 0.25) is 0 Å². The van der Waals surface area contributed by atoms with E-state index in [9.17, 15) is 4.79 Å². The minimum atomic E-state index is -0.822. The SMILES string of the molecule is COC1(COc2ccccc2)CCCN(C(=O)C(C)(C)OC)C1. The monoisotopic (exact) mass is 321 g/mol. The number of likely N-dealkylation sites (tertiary alicyclic amines) is 1. The number of amides is 1. The van der Waals surface area contributed by atoms with E-state index in [0.717, 1.165) is 25.1 Å². The standard InChI is InChI=1S/C18H27NO4/c1-17(2,21-3)16(20)19-12-8-11-18(13-19,22-4)14-23-15-9-6-5-7-10-15/h5-7,9-10H,8,11-14H2,1-4H3. The molecule has 1 aliphatic heterocycles. The first-order valence-electron chi connectivity index (χ1n) is 8.00. The van der Waals surface area contributed by atoms with E-state index in [-0.39, 0.29) is 5.91 Å². The summed E-state index contributed by atoms with van der Waals surface area (Å²) in [5, 5.41) is 0. The molecule has 1 fully saturated rings. The Morgan fingerprint density at radius 1 is 1.26 bits per heavy atom. The van der Waals surface area contributed by atoms with Crippen LogP contribution in [0.2, 0.25) is 0 Å². The molecule has 1 unspecified atom stereocenters. The van der Waals surface area contributed by atoms with Crippen molar-refractivity contribution in [2.24, 2.45) is 0 Å². The Morgan fingerprint density at radius 2 is 1.96 bits per heavy atom. The highest BCUT2D eigenvalue weighted by molar-refractivity contribution is 5.84. The first-order chi connectivity index (χ1) is 10.9. The highest BCUT2D eigenvalue weighted by Crippen LogP contribution is 2.28. The molecule has 1 aromatic carbocycles. The number of hydrogen-bond acceptors (Lipinski definition) is 4. The summed E-state index contributed by atoms with van der Waals surface area (Å²) >= 11 is 0. The second-order valence-corrected chi connectivity index (χ2v) is 6.53. The summed E-state index contributed by atoms with van der Waals surface area (Å²) < 4.78 is 17.0. The van der Waals surface area contributed by atoms with Gasteiger partial charge in [-0.2, -0.15) is 0 Å². The number of para-hydroxylation sites is 1. The lowest BCUT2D eigenvalue weighted by Gasteiger charge is -2.43. The largest absolute Gasteiger partial charge is 0.491 e. The second-order valence-electron chi connectivity index (χ2n) is 6.53. The highest BCUT2D eigenvalue weighted by Gasteiger charge is 2.41. The number of rotatable bonds is 6. The maximum absolute atomic E-state index is 12.6. The minimum Gasteiger partial charge on any atom is -0.491 e. The van der Waals surface area contributed by atoms with Gasteiger partial charge in [-0.05, 0) is 38.8 Å². The normalized spacial score (nSPS) is 22.0. The molecule has 0 radical (unpaired) electrons. The van der Waals surface area contributed by atoms with Crippen molar-refractivity contribution in [1.82, 2.24) is 4.90 Å². The Bertz CT molecular complexity index is 517. The van der Waals surface area contributed by atoms with Crippen molar-refractivity contribution >= 4 is 5.91 Å². The van der Waals surface area contributed by atoms with E-state index in [1.54, 1.807) is 28.1 Å². The van der Waals surface area contributed by atoms with Crippen molar-refractivity contribution in [3.8, 4) is 5.75 Å². The summed E-state index contributed by atoms with van der Waals surface area (Å²) in [5.74, 6) is 0.797. The van der Waals surface area contributed by atoms with Gasteiger partial charge in [0, 0.05) is 20.8 Å². The van der Waals surface area contributed by atoms with Crippen LogP contribution in [0.15, 0.2) is 30.3 Å². The molecule has 1 aliphatic rings. The Kier molecular flexibility index (Phi) is 5.65. The van der Waals surface area contributed by atoms with Crippen LogP contribution in [0, 0.1) is 0 Å². The zero-order chi connectivity index (χ0) is 16.9. The van der Waals surface area contributed by atoms with Crippen molar-refractivity contribution < 1.29 is 19.0 Å². The summed E-state index contributed by atoms with van der Waals surface area (Å²) in [7, 11) is 3.24. The van der Waals surface area contributed by atoms with Crippen molar-refractivity contribution in [2.45, 2.75) is 37.9 Å². The fourth-order valence-electron chi connectivity index (χ4n) is 2.81. The van der Waals surface area contributed by atoms with E-state index in [1.807, 2.05) is 35.2 Å². The molecule has 0 bridgehead atoms. The van der Waals surface area contributed by atoms with Crippen molar-refractivity contribution in [3.05, 3.63) is 30.3 Å². The van der Waals surface area contributed by atoms with Gasteiger partial charge in [-0.1, -0.05) is 18.2 Å². The number of hydrogen-bond donors (Lipinski definition) is 0. The minimum absolute atomic E-state index is 0.0131. The fraction of sp³-hybridized carbons (Fsp3) is 0.611. The first kappa shape index (κ1) is 17.8. The Labute approximate surface area is 138 Å². The van der Waals surface area contributed by atoms with Gasteiger partial charge in [0.25, 0.3) is 5.91 Å². The summed E-state index contributed by atoms with van der Waals surface area (Å²) in [6.07, 6.45) is 1.76. The van der Waals surface area contributed by atoms with Gasteiger partial charge in [0.15, 0.2) is 0 Å². The topological polar surface area (TPSA) is 48.0 Å². The molecule has 1 aromatic rings. The molecule has 1 heterocycles. The molecule has 1 saturated heterocycles. The third-order valence-electron chi connectivity index (χ3n) is 4.53. The van der Waals surface area contributed by atoms with Crippen LogP contribution < -0.4 is 4.74 Å². The quantitative estimate of drug-likeness (QED) is 0.808. The van der Waals surface area contributed by atoms with Crippen molar-refractivity contribution in [2.75, 3.05) is 33.9 Å². The van der Waals surface area contributed by atoms with Gasteiger partial charge >= 0.3 is 0 Å². The average molecular weight is 321 g/mol. The maximum Gasteiger partial charge on any atom is 0.254 e. The molecule has 0 N–H and O–H groups in total. The van der Waals surface area contributed by atoms with Crippen LogP contribution in [0.25, 0.3) is 0 Å². The molecule has 1 atom stereocenters. The lowest BCUT2D eigenvalue weighted by Crippen LogP contribution is -2.58. The summed E-state index contributed by atoms with van der Waals surface area (Å²) in [4.78, 5) is 14.5. The Hall–Kier alpha value is -1.59. The second kappa shape index (κ2) is 7.32. The van der Waals surface area contributed by atoms with Gasteiger partial charge < -0.3 is 19.1 Å². The molecule has 0 spiro atoms. The number of carbonyl (C=O) groups is 1. The number of ether oxygens (including phenoxy) is 3. The predicted molar refractivity (Wildman–Crippen MR) is 88.6 cm³/mol. The number of methoxy groups -OCH3 is 2. The molecule has 5 nitrogen and oxygen atoms in total. The van der Waals surface area contributed by atoms with Crippen LogP contribution in [0.4, 0.5) is 0 Å². The number of carbonyl (C=O) groups excluding carboxylic acids is 1. The van der Waals surface area contributed by atoms with E-state index in [1.165, 1.54) is 0 Å². The molecule has 5 heteroatoms. The zero-order valence-electron chi connectivity index (χ0n) is 14.5. The van der Waals surface area contributed by atoms with Crippen LogP contribution in [0.1, 0.15) is 26.7 Å². The van der Waals surface area contributed by atoms with E-state index in [4.69, 9.17) is 14.2 Å². The smallest absolute Gasteiger partial charge is 0.254 e. The molecule has 2 rings (SSSR count). The van der Waals surface area contributed by atoms with Gasteiger partial charge in [-0.15, -0.1) is 0 Å². The number of benzene rings is 1. The number of piperidine rings is 1. The van der Waals surface area contributed by atoms with Crippen molar-refractivity contribution in [3.63, 3.8) is 0 Å². The predicted octanol–water partition coefficient (Wildman–Crippen LogP) is 2.50. The molecule has 0 saturated carbocycles. The van der Waals surface area contributed by atoms with E-state index in [2.05, 4.69) is 0 Å². The lowest BCUT2D eigenvalue weighted by molar-refractivity contribution is -0.161. The van der Waals surface area contributed by atoms with Gasteiger partial charge in [0.1, 0.15) is 23.6 Å².